The molecule has 0 amide bonds. The van der Waals surface area contributed by atoms with Gasteiger partial charge in [0.15, 0.2) is 0 Å². The third-order valence-corrected chi connectivity index (χ3v) is 6.45. The first-order valence-electron chi connectivity index (χ1n) is 9.68. The zero-order chi connectivity index (χ0) is 19.8. The van der Waals surface area contributed by atoms with Gasteiger partial charge in [-0.15, -0.1) is 0 Å². The standard InChI is InChI=1S/C21H29N3O3S/c1-27-21-9-7-19(8-10-21)11-18-28(25,26)22-12-13-23-14-16-24(17-15-23)20-5-3-2-4-6-20/h2-10,22H,11-18H2,1H3. The number of ether oxygens (including phenoxy) is 1. The van der Waals surface area contributed by atoms with Gasteiger partial charge in [0.2, 0.25) is 10.0 Å². The molecule has 0 spiro atoms. The minimum absolute atomic E-state index is 0.0983. The molecule has 1 N–H and O–H groups in total. The molecule has 3 rings (SSSR count). The summed E-state index contributed by atoms with van der Waals surface area (Å²) in [4.78, 5) is 4.68. The SMILES string of the molecule is COc1ccc(CCS(=O)(=O)NCCN2CCN(c3ccccc3)CC2)cc1. The molecule has 0 bridgehead atoms. The van der Waals surface area contributed by atoms with Crippen molar-refractivity contribution in [2.75, 3.05) is 57.0 Å². The lowest BCUT2D eigenvalue weighted by atomic mass is 10.2. The van der Waals surface area contributed by atoms with Crippen LogP contribution in [0.15, 0.2) is 54.6 Å². The van der Waals surface area contributed by atoms with Crippen LogP contribution in [0.4, 0.5) is 5.69 Å². The van der Waals surface area contributed by atoms with Gasteiger partial charge in [0.05, 0.1) is 12.9 Å². The topological polar surface area (TPSA) is 61.9 Å². The average molecular weight is 404 g/mol. The number of para-hydroxylation sites is 1. The van der Waals surface area contributed by atoms with Gasteiger partial charge in [-0.1, -0.05) is 30.3 Å². The molecule has 0 radical (unpaired) electrons. The van der Waals surface area contributed by atoms with Crippen molar-refractivity contribution in [3.63, 3.8) is 0 Å². The number of nitrogens with zero attached hydrogens (tertiary/aromatic N) is 2. The second kappa shape index (κ2) is 9.91. The smallest absolute Gasteiger partial charge is 0.211 e. The lowest BCUT2D eigenvalue weighted by molar-refractivity contribution is 0.262. The van der Waals surface area contributed by atoms with Gasteiger partial charge in [-0.3, -0.25) is 4.90 Å². The molecule has 7 heteroatoms. The first-order chi connectivity index (χ1) is 13.6. The van der Waals surface area contributed by atoms with E-state index in [1.54, 1.807) is 7.11 Å². The molecular formula is C21H29N3O3S. The maximum Gasteiger partial charge on any atom is 0.211 e. The van der Waals surface area contributed by atoms with Crippen LogP contribution in [0, 0.1) is 0 Å². The Hall–Kier alpha value is -2.09. The Balaban J connectivity index is 1.36. The van der Waals surface area contributed by atoms with Crippen molar-refractivity contribution < 1.29 is 13.2 Å². The molecule has 28 heavy (non-hydrogen) atoms. The molecule has 2 aromatic rings. The molecule has 1 aliphatic rings. The molecule has 0 aromatic heterocycles. The van der Waals surface area contributed by atoms with Gasteiger partial charge in [-0.25, -0.2) is 13.1 Å². The normalized spacial score (nSPS) is 15.5. The largest absolute Gasteiger partial charge is 0.497 e. The number of methoxy groups -OCH3 is 1. The molecule has 0 unspecified atom stereocenters. The van der Waals surface area contributed by atoms with Crippen molar-refractivity contribution in [3.8, 4) is 5.75 Å². The number of hydrogen-bond donors (Lipinski definition) is 1. The van der Waals surface area contributed by atoms with Crippen LogP contribution in [0.25, 0.3) is 0 Å². The van der Waals surface area contributed by atoms with Crippen molar-refractivity contribution in [1.82, 2.24) is 9.62 Å². The zero-order valence-corrected chi connectivity index (χ0v) is 17.2. The summed E-state index contributed by atoms with van der Waals surface area (Å²) >= 11 is 0. The summed E-state index contributed by atoms with van der Waals surface area (Å²) in [5.41, 5.74) is 2.24. The van der Waals surface area contributed by atoms with Gasteiger partial charge < -0.3 is 9.64 Å². The Morgan fingerprint density at radius 2 is 1.64 bits per heavy atom. The van der Waals surface area contributed by atoms with E-state index >= 15 is 0 Å². The van der Waals surface area contributed by atoms with E-state index in [1.165, 1.54) is 5.69 Å². The number of anilines is 1. The number of benzene rings is 2. The quantitative estimate of drug-likeness (QED) is 0.694. The Labute approximate surface area is 168 Å². The van der Waals surface area contributed by atoms with Gasteiger partial charge in [0.1, 0.15) is 5.75 Å². The van der Waals surface area contributed by atoms with Gasteiger partial charge in [0.25, 0.3) is 0 Å². The molecule has 2 aromatic carbocycles. The third kappa shape index (κ3) is 6.22. The second-order valence-corrected chi connectivity index (χ2v) is 8.90. The number of aryl methyl sites for hydroxylation is 1. The van der Waals surface area contributed by atoms with E-state index in [0.717, 1.165) is 44.0 Å². The molecule has 0 saturated carbocycles. The highest BCUT2D eigenvalue weighted by Crippen LogP contribution is 2.15. The monoisotopic (exact) mass is 403 g/mol. The highest BCUT2D eigenvalue weighted by molar-refractivity contribution is 7.89. The number of nitrogens with one attached hydrogen (secondary N) is 1. The fraction of sp³-hybridized carbons (Fsp3) is 0.429. The third-order valence-electron chi connectivity index (χ3n) is 5.06. The summed E-state index contributed by atoms with van der Waals surface area (Å²) in [6.45, 7) is 5.02. The van der Waals surface area contributed by atoms with E-state index in [2.05, 4.69) is 38.8 Å². The van der Waals surface area contributed by atoms with Crippen molar-refractivity contribution in [2.24, 2.45) is 0 Å². The maximum absolute atomic E-state index is 12.2. The van der Waals surface area contributed by atoms with Crippen LogP contribution in [0.2, 0.25) is 0 Å². The van der Waals surface area contributed by atoms with Crippen molar-refractivity contribution in [3.05, 3.63) is 60.2 Å². The minimum Gasteiger partial charge on any atom is -0.497 e. The number of piperazine rings is 1. The van der Waals surface area contributed by atoms with Gasteiger partial charge in [0, 0.05) is 45.0 Å². The predicted molar refractivity (Wildman–Crippen MR) is 114 cm³/mol. The van der Waals surface area contributed by atoms with E-state index < -0.39 is 10.0 Å². The Kier molecular flexibility index (Phi) is 7.30. The molecule has 1 fully saturated rings. The molecule has 0 aliphatic carbocycles. The zero-order valence-electron chi connectivity index (χ0n) is 16.4. The van der Waals surface area contributed by atoms with Crippen LogP contribution in [-0.4, -0.2) is 65.4 Å². The number of sulfonamides is 1. The van der Waals surface area contributed by atoms with Crippen molar-refractivity contribution in [1.29, 1.82) is 0 Å². The summed E-state index contributed by atoms with van der Waals surface area (Å²) < 4.78 is 32.3. The predicted octanol–water partition coefficient (Wildman–Crippen LogP) is 1.98. The highest BCUT2D eigenvalue weighted by Gasteiger charge is 2.17. The summed E-state index contributed by atoms with van der Waals surface area (Å²) in [7, 11) is -1.65. The molecule has 1 heterocycles. The fourth-order valence-corrected chi connectivity index (χ4v) is 4.40. The van der Waals surface area contributed by atoms with Crippen LogP contribution in [0.1, 0.15) is 5.56 Å². The van der Waals surface area contributed by atoms with Crippen LogP contribution >= 0.6 is 0 Å². The lowest BCUT2D eigenvalue weighted by Gasteiger charge is -2.36. The van der Waals surface area contributed by atoms with Gasteiger partial charge in [-0.05, 0) is 36.2 Å². The molecule has 152 valence electrons. The lowest BCUT2D eigenvalue weighted by Crippen LogP contribution is -2.48. The average Bonchev–Trinajstić information content (AvgIpc) is 2.74. The summed E-state index contributed by atoms with van der Waals surface area (Å²) in [5.74, 6) is 0.873. The summed E-state index contributed by atoms with van der Waals surface area (Å²) in [6, 6.07) is 17.9. The van der Waals surface area contributed by atoms with Crippen LogP contribution in [0.5, 0.6) is 5.75 Å². The Morgan fingerprint density at radius 3 is 2.29 bits per heavy atom. The van der Waals surface area contributed by atoms with E-state index in [1.807, 2.05) is 30.3 Å². The summed E-state index contributed by atoms with van der Waals surface area (Å²) in [5, 5.41) is 0. The molecule has 1 saturated heterocycles. The Morgan fingerprint density at radius 1 is 0.964 bits per heavy atom. The second-order valence-electron chi connectivity index (χ2n) is 6.98. The maximum atomic E-state index is 12.2. The minimum atomic E-state index is -3.27. The molecule has 6 nitrogen and oxygen atoms in total. The van der Waals surface area contributed by atoms with Crippen LogP contribution in [-0.2, 0) is 16.4 Å². The van der Waals surface area contributed by atoms with Crippen LogP contribution < -0.4 is 14.4 Å². The van der Waals surface area contributed by atoms with Gasteiger partial charge in [-0.2, -0.15) is 0 Å². The molecular weight excluding hydrogens is 374 g/mol. The highest BCUT2D eigenvalue weighted by atomic mass is 32.2. The van der Waals surface area contributed by atoms with E-state index in [0.29, 0.717) is 13.0 Å². The first kappa shape index (κ1) is 20.6. The summed E-state index contributed by atoms with van der Waals surface area (Å²) in [6.07, 6.45) is 0.495. The Bertz CT molecular complexity index is 818. The van der Waals surface area contributed by atoms with E-state index in [4.69, 9.17) is 4.74 Å². The van der Waals surface area contributed by atoms with Crippen LogP contribution in [0.3, 0.4) is 0 Å². The molecule has 0 atom stereocenters. The van der Waals surface area contributed by atoms with Gasteiger partial charge >= 0.3 is 0 Å². The van der Waals surface area contributed by atoms with E-state index in [9.17, 15) is 8.42 Å². The number of hydrogen-bond acceptors (Lipinski definition) is 5. The fourth-order valence-electron chi connectivity index (χ4n) is 3.34. The van der Waals surface area contributed by atoms with E-state index in [-0.39, 0.29) is 5.75 Å². The number of rotatable bonds is 9. The first-order valence-corrected chi connectivity index (χ1v) is 11.3. The molecule has 1 aliphatic heterocycles. The van der Waals surface area contributed by atoms with Crippen molar-refractivity contribution >= 4 is 15.7 Å². The van der Waals surface area contributed by atoms with Crippen molar-refractivity contribution in [2.45, 2.75) is 6.42 Å².